The van der Waals surface area contributed by atoms with E-state index in [2.05, 4.69) is 9.98 Å². The van der Waals surface area contributed by atoms with Crippen molar-refractivity contribution in [3.8, 4) is 0 Å². The van der Waals surface area contributed by atoms with E-state index in [9.17, 15) is 10.0 Å². The average Bonchev–Trinajstić information content (AvgIpc) is 2.48. The van der Waals surface area contributed by atoms with Crippen LogP contribution in [0.25, 0.3) is 0 Å². The van der Waals surface area contributed by atoms with Crippen LogP contribution in [0.5, 0.6) is 0 Å². The highest BCUT2D eigenvalue weighted by Crippen LogP contribution is 2.41. The summed E-state index contributed by atoms with van der Waals surface area (Å²) in [4.78, 5) is 10.4. The van der Waals surface area contributed by atoms with Crippen molar-refractivity contribution in [1.82, 2.24) is 0 Å². The number of benzene rings is 1. The van der Waals surface area contributed by atoms with Crippen LogP contribution in [0.1, 0.15) is 32.1 Å². The van der Waals surface area contributed by atoms with Crippen LogP contribution in [-0.4, -0.2) is 34.7 Å². The SMILES string of the molecule is NC1=NC2(CCCCC2)N(c2cc(B(O)O)ccc2Cl)C(N)=N1. The molecule has 0 atom stereocenters. The van der Waals surface area contributed by atoms with Crippen molar-refractivity contribution in [3.05, 3.63) is 23.2 Å². The van der Waals surface area contributed by atoms with E-state index in [1.54, 1.807) is 23.1 Å². The van der Waals surface area contributed by atoms with Crippen molar-refractivity contribution in [2.75, 3.05) is 4.90 Å². The Morgan fingerprint density at radius 3 is 2.52 bits per heavy atom. The van der Waals surface area contributed by atoms with E-state index in [4.69, 9.17) is 23.1 Å². The van der Waals surface area contributed by atoms with E-state index in [0.717, 1.165) is 32.1 Å². The first-order chi connectivity index (χ1) is 10.9. The molecular weight excluding hydrogens is 316 g/mol. The number of rotatable bonds is 2. The van der Waals surface area contributed by atoms with Gasteiger partial charge in [0.05, 0.1) is 10.7 Å². The predicted octanol–water partition coefficient (Wildman–Crippen LogP) is 0.130. The molecule has 9 heteroatoms. The molecule has 23 heavy (non-hydrogen) atoms. The Balaban J connectivity index is 2.12. The normalized spacial score (nSPS) is 20.2. The van der Waals surface area contributed by atoms with Gasteiger partial charge in [0, 0.05) is 0 Å². The van der Waals surface area contributed by atoms with E-state index >= 15 is 0 Å². The minimum atomic E-state index is -1.59. The Labute approximate surface area is 139 Å². The molecule has 7 nitrogen and oxygen atoms in total. The maximum atomic E-state index is 9.43. The minimum absolute atomic E-state index is 0.162. The number of aliphatic imine (C=N–C) groups is 2. The number of anilines is 1. The zero-order chi connectivity index (χ0) is 16.6. The molecule has 0 radical (unpaired) electrons. The van der Waals surface area contributed by atoms with Gasteiger partial charge in [-0.15, -0.1) is 0 Å². The van der Waals surface area contributed by atoms with Gasteiger partial charge in [0.1, 0.15) is 5.66 Å². The van der Waals surface area contributed by atoms with Crippen molar-refractivity contribution >= 4 is 41.8 Å². The lowest BCUT2D eigenvalue weighted by atomic mass is 9.79. The standard InChI is InChI=1S/C14H19BClN5O2/c16-10-5-4-9(15(22)23)8-11(10)21-13(18)19-12(17)20-14(21)6-2-1-3-7-14/h4-5,8,22-23H,1-3,6-7H2,(H4,17,18,19,20). The lowest BCUT2D eigenvalue weighted by molar-refractivity contribution is 0.305. The third-order valence-electron chi connectivity index (χ3n) is 4.36. The molecule has 0 aromatic heterocycles. The van der Waals surface area contributed by atoms with Crippen LogP contribution in [0.4, 0.5) is 5.69 Å². The van der Waals surface area contributed by atoms with E-state index in [-0.39, 0.29) is 11.9 Å². The Kier molecular flexibility index (Phi) is 4.22. The monoisotopic (exact) mass is 335 g/mol. The van der Waals surface area contributed by atoms with Crippen LogP contribution in [0, 0.1) is 0 Å². The fraction of sp³-hybridized carbons (Fsp3) is 0.429. The lowest BCUT2D eigenvalue weighted by Gasteiger charge is -2.46. The molecule has 122 valence electrons. The minimum Gasteiger partial charge on any atom is -0.423 e. The lowest BCUT2D eigenvalue weighted by Crippen LogP contribution is -2.58. The van der Waals surface area contributed by atoms with Crippen molar-refractivity contribution in [1.29, 1.82) is 0 Å². The molecule has 1 aromatic carbocycles. The number of hydrogen-bond donors (Lipinski definition) is 4. The molecule has 1 saturated carbocycles. The van der Waals surface area contributed by atoms with Gasteiger partial charge < -0.3 is 21.5 Å². The van der Waals surface area contributed by atoms with Gasteiger partial charge in [-0.25, -0.2) is 4.99 Å². The third-order valence-corrected chi connectivity index (χ3v) is 4.68. The maximum Gasteiger partial charge on any atom is 0.488 e. The van der Waals surface area contributed by atoms with Crippen molar-refractivity contribution in [2.45, 2.75) is 37.8 Å². The first-order valence-corrected chi connectivity index (χ1v) is 7.96. The van der Waals surface area contributed by atoms with Gasteiger partial charge >= 0.3 is 7.12 Å². The van der Waals surface area contributed by atoms with E-state index in [1.807, 2.05) is 0 Å². The highest BCUT2D eigenvalue weighted by molar-refractivity contribution is 6.59. The molecule has 1 heterocycles. The molecule has 1 fully saturated rings. The van der Waals surface area contributed by atoms with Crippen LogP contribution in [0.15, 0.2) is 28.2 Å². The van der Waals surface area contributed by atoms with Crippen LogP contribution in [0.3, 0.4) is 0 Å². The third kappa shape index (κ3) is 2.89. The molecule has 2 aliphatic rings. The summed E-state index contributed by atoms with van der Waals surface area (Å²) in [6.07, 6.45) is 4.70. The van der Waals surface area contributed by atoms with Crippen molar-refractivity contribution in [3.63, 3.8) is 0 Å². The van der Waals surface area contributed by atoms with Crippen LogP contribution < -0.4 is 21.8 Å². The Morgan fingerprint density at radius 1 is 1.17 bits per heavy atom. The van der Waals surface area contributed by atoms with Crippen LogP contribution in [0.2, 0.25) is 5.02 Å². The molecule has 0 bridgehead atoms. The molecule has 6 N–H and O–H groups in total. The molecular formula is C14H19BClN5O2. The van der Waals surface area contributed by atoms with Gasteiger partial charge in [-0.05, 0) is 43.3 Å². The van der Waals surface area contributed by atoms with E-state index in [0.29, 0.717) is 16.2 Å². The van der Waals surface area contributed by atoms with Crippen molar-refractivity contribution < 1.29 is 10.0 Å². The average molecular weight is 336 g/mol. The molecule has 0 amide bonds. The molecule has 1 aliphatic heterocycles. The zero-order valence-corrected chi connectivity index (χ0v) is 13.4. The second-order valence-electron chi connectivity index (χ2n) is 5.90. The molecule has 1 aliphatic carbocycles. The van der Waals surface area contributed by atoms with Gasteiger partial charge in [0.2, 0.25) is 11.9 Å². The molecule has 1 aromatic rings. The smallest absolute Gasteiger partial charge is 0.423 e. The molecule has 0 saturated heterocycles. The largest absolute Gasteiger partial charge is 0.488 e. The maximum absolute atomic E-state index is 9.43. The Bertz CT molecular complexity index is 673. The summed E-state index contributed by atoms with van der Waals surface area (Å²) in [5.74, 6) is 0.376. The quantitative estimate of drug-likeness (QED) is 0.573. The Hall–Kier alpha value is -1.77. The Morgan fingerprint density at radius 2 is 1.87 bits per heavy atom. The highest BCUT2D eigenvalue weighted by atomic mass is 35.5. The summed E-state index contributed by atoms with van der Waals surface area (Å²) >= 11 is 6.34. The van der Waals surface area contributed by atoms with E-state index in [1.165, 1.54) is 0 Å². The topological polar surface area (TPSA) is 120 Å². The van der Waals surface area contributed by atoms with Gasteiger partial charge in [-0.2, -0.15) is 4.99 Å². The summed E-state index contributed by atoms with van der Waals surface area (Å²) in [6.45, 7) is 0. The second kappa shape index (κ2) is 6.03. The second-order valence-corrected chi connectivity index (χ2v) is 6.31. The van der Waals surface area contributed by atoms with Crippen LogP contribution >= 0.6 is 11.6 Å². The number of nitrogens with zero attached hydrogens (tertiary/aromatic N) is 3. The number of guanidine groups is 2. The first-order valence-electron chi connectivity index (χ1n) is 7.58. The van der Waals surface area contributed by atoms with Gasteiger partial charge in [0.25, 0.3) is 0 Å². The summed E-state index contributed by atoms with van der Waals surface area (Å²) in [7, 11) is -1.59. The molecule has 0 unspecified atom stereocenters. The summed E-state index contributed by atoms with van der Waals surface area (Å²) < 4.78 is 0. The fourth-order valence-electron chi connectivity index (χ4n) is 3.33. The number of nitrogens with two attached hydrogens (primary N) is 2. The number of hydrogen-bond acceptors (Lipinski definition) is 7. The molecule has 1 spiro atoms. The van der Waals surface area contributed by atoms with Gasteiger partial charge in [-0.3, -0.25) is 4.90 Å². The van der Waals surface area contributed by atoms with Crippen molar-refractivity contribution in [2.24, 2.45) is 21.5 Å². The summed E-state index contributed by atoms with van der Waals surface area (Å²) in [5, 5.41) is 19.3. The number of halogens is 1. The zero-order valence-electron chi connectivity index (χ0n) is 12.6. The highest BCUT2D eigenvalue weighted by Gasteiger charge is 2.43. The van der Waals surface area contributed by atoms with Crippen LogP contribution in [-0.2, 0) is 0 Å². The summed E-state index contributed by atoms with van der Waals surface area (Å²) in [6, 6.07) is 4.76. The van der Waals surface area contributed by atoms with E-state index < -0.39 is 12.8 Å². The first kappa shape index (κ1) is 16.1. The van der Waals surface area contributed by atoms with Gasteiger partial charge in [0.15, 0.2) is 0 Å². The summed E-state index contributed by atoms with van der Waals surface area (Å²) in [5.41, 5.74) is 12.2. The predicted molar refractivity (Wildman–Crippen MR) is 92.8 cm³/mol. The van der Waals surface area contributed by atoms with Gasteiger partial charge in [-0.1, -0.05) is 24.1 Å². The molecule has 3 rings (SSSR count). The fourth-order valence-corrected chi connectivity index (χ4v) is 3.53.